The summed E-state index contributed by atoms with van der Waals surface area (Å²) in [6.45, 7) is 2.85. The second-order valence-corrected chi connectivity index (χ2v) is 11.9. The maximum Gasteiger partial charge on any atom is 0.410 e. The van der Waals surface area contributed by atoms with Gasteiger partial charge in [-0.2, -0.15) is 0 Å². The first-order valence-corrected chi connectivity index (χ1v) is 15.7. The lowest BCUT2D eigenvalue weighted by atomic mass is 9.98. The summed E-state index contributed by atoms with van der Waals surface area (Å²) in [6, 6.07) is 22.7. The quantitative estimate of drug-likeness (QED) is 0.119. The van der Waals surface area contributed by atoms with E-state index in [1.54, 1.807) is 19.2 Å². The van der Waals surface area contributed by atoms with Crippen LogP contribution in [0.3, 0.4) is 0 Å². The van der Waals surface area contributed by atoms with Crippen molar-refractivity contribution in [3.63, 3.8) is 0 Å². The van der Waals surface area contributed by atoms with Gasteiger partial charge in [-0.15, -0.1) is 0 Å². The molecule has 2 aliphatic rings. The number of amides is 2. The minimum atomic E-state index is -1.25. The first-order valence-electron chi connectivity index (χ1n) is 14.9. The van der Waals surface area contributed by atoms with Crippen molar-refractivity contribution in [2.24, 2.45) is 0 Å². The van der Waals surface area contributed by atoms with E-state index in [1.807, 2.05) is 48.5 Å². The Balaban J connectivity index is 1.39. The van der Waals surface area contributed by atoms with Crippen molar-refractivity contribution in [3.8, 4) is 16.9 Å². The Bertz CT molecular complexity index is 1640. The number of rotatable bonds is 12. The number of esters is 2. The number of carbonyl (C=O) groups is 4. The molecule has 5 rings (SSSR count). The predicted molar refractivity (Wildman–Crippen MR) is 174 cm³/mol. The number of methoxy groups -OCH3 is 2. The third-order valence-corrected chi connectivity index (χ3v) is 8.82. The van der Waals surface area contributed by atoms with Gasteiger partial charge in [0.15, 0.2) is 6.10 Å². The zero-order valence-electron chi connectivity index (χ0n) is 26.4. The SMILES string of the molecule is COC(=O)/C(NC(C)=O)=C(\Br)[C@@H](OC(C)=O)[C@H](OCc1ccc(OC)cc1)[C@@H]1CN1C(=O)OCC1c2ccccc2-c2ccccc21. The first-order chi connectivity index (χ1) is 22.6. The third kappa shape index (κ3) is 7.66. The molecule has 0 bridgehead atoms. The van der Waals surface area contributed by atoms with Gasteiger partial charge in [0.25, 0.3) is 0 Å². The van der Waals surface area contributed by atoms with Gasteiger partial charge in [-0.3, -0.25) is 14.5 Å². The number of ether oxygens (including phenoxy) is 5. The lowest BCUT2D eigenvalue weighted by molar-refractivity contribution is -0.152. The van der Waals surface area contributed by atoms with Crippen LogP contribution in [0.5, 0.6) is 5.75 Å². The molecule has 12 heteroatoms. The fourth-order valence-corrected chi connectivity index (χ4v) is 6.32. The van der Waals surface area contributed by atoms with E-state index in [2.05, 4.69) is 33.4 Å². The van der Waals surface area contributed by atoms with Gasteiger partial charge in [-0.05, 0) is 55.9 Å². The highest BCUT2D eigenvalue weighted by Gasteiger charge is 2.51. The second kappa shape index (κ2) is 14.8. The highest BCUT2D eigenvalue weighted by atomic mass is 79.9. The number of nitrogens with one attached hydrogen (secondary N) is 1. The maximum atomic E-state index is 13.5. The lowest BCUT2D eigenvalue weighted by Gasteiger charge is -2.28. The molecular formula is C35H35BrN2O9. The van der Waals surface area contributed by atoms with Crippen LogP contribution >= 0.6 is 15.9 Å². The Morgan fingerprint density at radius 3 is 2.09 bits per heavy atom. The number of halogens is 1. The summed E-state index contributed by atoms with van der Waals surface area (Å²) in [4.78, 5) is 52.0. The van der Waals surface area contributed by atoms with Crippen molar-refractivity contribution in [2.45, 2.75) is 44.6 Å². The lowest BCUT2D eigenvalue weighted by Crippen LogP contribution is -2.42. The number of hydrogen-bond acceptors (Lipinski definition) is 9. The van der Waals surface area contributed by atoms with Gasteiger partial charge in [0.2, 0.25) is 5.91 Å². The molecule has 246 valence electrons. The summed E-state index contributed by atoms with van der Waals surface area (Å²) in [6.07, 6.45) is -2.79. The highest BCUT2D eigenvalue weighted by Crippen LogP contribution is 2.45. The van der Waals surface area contributed by atoms with Crippen LogP contribution in [0.4, 0.5) is 4.79 Å². The number of benzene rings is 3. The van der Waals surface area contributed by atoms with Gasteiger partial charge in [0, 0.05) is 26.3 Å². The van der Waals surface area contributed by atoms with Crippen molar-refractivity contribution in [2.75, 3.05) is 27.4 Å². The minimum Gasteiger partial charge on any atom is -0.497 e. The molecule has 3 aromatic carbocycles. The van der Waals surface area contributed by atoms with Crippen LogP contribution in [0.2, 0.25) is 0 Å². The summed E-state index contributed by atoms with van der Waals surface area (Å²) < 4.78 is 28.0. The fourth-order valence-electron chi connectivity index (χ4n) is 5.71. The molecule has 11 nitrogen and oxygen atoms in total. The van der Waals surface area contributed by atoms with Crippen molar-refractivity contribution in [1.82, 2.24) is 10.2 Å². The molecule has 0 radical (unpaired) electrons. The van der Waals surface area contributed by atoms with E-state index in [1.165, 1.54) is 18.7 Å². The van der Waals surface area contributed by atoms with E-state index in [4.69, 9.17) is 23.7 Å². The fraction of sp³-hybridized carbons (Fsp3) is 0.314. The highest BCUT2D eigenvalue weighted by molar-refractivity contribution is 9.11. The summed E-state index contributed by atoms with van der Waals surface area (Å²) >= 11 is 3.37. The maximum absolute atomic E-state index is 13.5. The molecule has 2 amide bonds. The van der Waals surface area contributed by atoms with Gasteiger partial charge in [-0.25, -0.2) is 9.59 Å². The van der Waals surface area contributed by atoms with Gasteiger partial charge in [0.1, 0.15) is 24.2 Å². The minimum absolute atomic E-state index is 0.00821. The zero-order chi connectivity index (χ0) is 33.7. The van der Waals surface area contributed by atoms with E-state index in [9.17, 15) is 19.2 Å². The summed E-state index contributed by atoms with van der Waals surface area (Å²) in [5.74, 6) is -1.56. The van der Waals surface area contributed by atoms with Crippen LogP contribution in [-0.2, 0) is 39.9 Å². The Kier molecular flexibility index (Phi) is 10.6. The van der Waals surface area contributed by atoms with E-state index < -0.39 is 42.2 Å². The molecule has 0 unspecified atom stereocenters. The molecule has 1 fully saturated rings. The molecule has 0 spiro atoms. The molecule has 1 heterocycles. The molecule has 1 N–H and O–H groups in total. The van der Waals surface area contributed by atoms with Crippen molar-refractivity contribution in [3.05, 3.63) is 99.7 Å². The number of fused-ring (bicyclic) bond motifs is 3. The predicted octanol–water partition coefficient (Wildman–Crippen LogP) is 5.06. The number of hydrogen-bond donors (Lipinski definition) is 1. The van der Waals surface area contributed by atoms with Gasteiger partial charge in [-0.1, -0.05) is 60.7 Å². The Labute approximate surface area is 280 Å². The molecule has 3 atom stereocenters. The van der Waals surface area contributed by atoms with Crippen LogP contribution in [-0.4, -0.2) is 74.5 Å². The average Bonchev–Trinajstić information content (AvgIpc) is 3.81. The molecule has 1 aliphatic carbocycles. The Morgan fingerprint density at radius 2 is 1.53 bits per heavy atom. The summed E-state index contributed by atoms with van der Waals surface area (Å²) in [5, 5.41) is 2.44. The molecule has 1 aliphatic heterocycles. The summed E-state index contributed by atoms with van der Waals surface area (Å²) in [7, 11) is 2.72. The average molecular weight is 708 g/mol. The Hall–Kier alpha value is -4.68. The van der Waals surface area contributed by atoms with Gasteiger partial charge >= 0.3 is 18.0 Å². The smallest absolute Gasteiger partial charge is 0.410 e. The molecule has 1 saturated heterocycles. The van der Waals surface area contributed by atoms with Crippen molar-refractivity contribution in [1.29, 1.82) is 0 Å². The van der Waals surface area contributed by atoms with E-state index in [-0.39, 0.29) is 35.9 Å². The van der Waals surface area contributed by atoms with E-state index in [0.29, 0.717) is 5.75 Å². The van der Waals surface area contributed by atoms with Crippen LogP contribution in [0, 0.1) is 0 Å². The summed E-state index contributed by atoms with van der Waals surface area (Å²) in [5.41, 5.74) is 4.91. The van der Waals surface area contributed by atoms with Crippen LogP contribution in [0.1, 0.15) is 36.5 Å². The van der Waals surface area contributed by atoms with E-state index >= 15 is 0 Å². The van der Waals surface area contributed by atoms with Crippen molar-refractivity contribution >= 4 is 39.9 Å². The molecule has 0 saturated carbocycles. The normalized spacial score (nSPS) is 16.5. The van der Waals surface area contributed by atoms with Gasteiger partial charge in [0.05, 0.1) is 31.4 Å². The van der Waals surface area contributed by atoms with Gasteiger partial charge < -0.3 is 29.0 Å². The van der Waals surface area contributed by atoms with Crippen LogP contribution in [0.25, 0.3) is 11.1 Å². The topological polar surface area (TPSA) is 129 Å². The van der Waals surface area contributed by atoms with Crippen molar-refractivity contribution < 1.29 is 42.9 Å². The second-order valence-electron chi connectivity index (χ2n) is 11.1. The Morgan fingerprint density at radius 1 is 0.915 bits per heavy atom. The molecular weight excluding hydrogens is 672 g/mol. The zero-order valence-corrected chi connectivity index (χ0v) is 27.9. The molecule has 0 aromatic heterocycles. The third-order valence-electron chi connectivity index (χ3n) is 7.97. The number of nitrogens with zero attached hydrogens (tertiary/aromatic N) is 1. The number of carbonyl (C=O) groups excluding carboxylic acids is 4. The van der Waals surface area contributed by atoms with E-state index in [0.717, 1.165) is 34.9 Å². The van der Waals surface area contributed by atoms with Crippen LogP contribution in [0.15, 0.2) is 83.0 Å². The largest absolute Gasteiger partial charge is 0.497 e. The van der Waals surface area contributed by atoms with Crippen LogP contribution < -0.4 is 10.1 Å². The monoisotopic (exact) mass is 706 g/mol. The first kappa shape index (κ1) is 33.7. The standard InChI is InChI=1S/C35H35BrN2O9/c1-20(39)37-31(34(41)44-4)30(36)33(47-21(2)40)32(45-18-22-13-15-23(43-3)16-14-22)29-17-38(29)35(42)46-19-28-26-11-7-5-9-24(26)25-10-6-8-12-27(25)28/h5-16,28-29,32-33H,17-19H2,1-4H3,(H,37,39)/b31-30+/t29-,32+,33+,38?/m0/s1. The molecule has 47 heavy (non-hydrogen) atoms. The molecule has 3 aromatic rings.